The third kappa shape index (κ3) is 4.29. The second kappa shape index (κ2) is 7.01. The predicted molar refractivity (Wildman–Crippen MR) is 77.1 cm³/mol. The molecule has 19 heavy (non-hydrogen) atoms. The van der Waals surface area contributed by atoms with Crippen LogP contribution in [0, 0.1) is 0 Å². The molecule has 106 valence electrons. The van der Waals surface area contributed by atoms with Gasteiger partial charge in [0.1, 0.15) is 6.54 Å². The van der Waals surface area contributed by atoms with Crippen LogP contribution in [0.1, 0.15) is 18.4 Å². The van der Waals surface area contributed by atoms with Crippen molar-refractivity contribution in [3.63, 3.8) is 0 Å². The smallest absolute Gasteiger partial charge is 0.244 e. The molecule has 0 bridgehead atoms. The van der Waals surface area contributed by atoms with E-state index in [1.165, 1.54) is 0 Å². The highest BCUT2D eigenvalue weighted by atomic mass is 31.0. The van der Waals surface area contributed by atoms with Gasteiger partial charge in [0.25, 0.3) is 0 Å². The fourth-order valence-electron chi connectivity index (χ4n) is 2.23. The van der Waals surface area contributed by atoms with Gasteiger partial charge < -0.3 is 9.64 Å². The molecule has 0 aromatic carbocycles. The molecule has 1 aliphatic rings. The zero-order valence-electron chi connectivity index (χ0n) is 11.4. The van der Waals surface area contributed by atoms with Crippen molar-refractivity contribution in [1.82, 2.24) is 14.7 Å². The van der Waals surface area contributed by atoms with Crippen molar-refractivity contribution in [2.24, 2.45) is 0 Å². The molecule has 2 heterocycles. The van der Waals surface area contributed by atoms with E-state index in [-0.39, 0.29) is 5.91 Å². The molecule has 0 aliphatic carbocycles. The molecular weight excluding hydrogens is 261 g/mol. The molecule has 2 rings (SSSR count). The first-order valence-electron chi connectivity index (χ1n) is 6.72. The van der Waals surface area contributed by atoms with Gasteiger partial charge in [-0.25, -0.2) is 0 Å². The highest BCUT2D eigenvalue weighted by Crippen LogP contribution is 2.17. The number of ether oxygens (including phenoxy) is 1. The van der Waals surface area contributed by atoms with Gasteiger partial charge in [0, 0.05) is 26.4 Å². The number of rotatable bonds is 5. The number of aromatic nitrogens is 2. The summed E-state index contributed by atoms with van der Waals surface area (Å²) in [4.78, 5) is 14.1. The normalized spacial score (nSPS) is 16.8. The van der Waals surface area contributed by atoms with Crippen molar-refractivity contribution < 1.29 is 9.53 Å². The largest absolute Gasteiger partial charge is 0.384 e. The van der Waals surface area contributed by atoms with Crippen LogP contribution in [0.15, 0.2) is 12.4 Å². The molecular formula is C13H22N3O2P. The van der Waals surface area contributed by atoms with Crippen LogP contribution in [0.4, 0.5) is 0 Å². The van der Waals surface area contributed by atoms with E-state index < -0.39 is 0 Å². The van der Waals surface area contributed by atoms with Crippen LogP contribution in [0.3, 0.4) is 0 Å². The number of piperidine rings is 1. The zero-order chi connectivity index (χ0) is 13.7. The van der Waals surface area contributed by atoms with Gasteiger partial charge in [0.2, 0.25) is 5.91 Å². The minimum Gasteiger partial charge on any atom is -0.384 e. The molecule has 0 saturated carbocycles. The van der Waals surface area contributed by atoms with Crippen LogP contribution in [0.2, 0.25) is 0 Å². The number of amides is 1. The van der Waals surface area contributed by atoms with E-state index in [1.54, 1.807) is 18.0 Å². The number of hydrogen-bond donors (Lipinski definition) is 0. The monoisotopic (exact) mass is 283 g/mol. The Morgan fingerprint density at radius 1 is 1.53 bits per heavy atom. The molecule has 0 N–H and O–H groups in total. The summed E-state index contributed by atoms with van der Waals surface area (Å²) >= 11 is 0. The van der Waals surface area contributed by atoms with Crippen molar-refractivity contribution in [2.75, 3.05) is 26.8 Å². The SMILES string of the molecule is COCCc1cnn(CC(=O)N2CCC(P)CC2)c1. The second-order valence-electron chi connectivity index (χ2n) is 5.01. The highest BCUT2D eigenvalue weighted by molar-refractivity contribution is 7.17. The maximum Gasteiger partial charge on any atom is 0.244 e. The van der Waals surface area contributed by atoms with Gasteiger partial charge in [-0.1, -0.05) is 0 Å². The van der Waals surface area contributed by atoms with Gasteiger partial charge in [0.05, 0.1) is 12.8 Å². The molecule has 0 radical (unpaired) electrons. The minimum atomic E-state index is 0.165. The predicted octanol–water partition coefficient (Wildman–Crippen LogP) is 0.938. The average Bonchev–Trinajstić information content (AvgIpc) is 2.84. The third-order valence-electron chi connectivity index (χ3n) is 3.47. The Balaban J connectivity index is 1.83. The van der Waals surface area contributed by atoms with E-state index in [4.69, 9.17) is 4.74 Å². The molecule has 1 atom stereocenters. The summed E-state index contributed by atoms with van der Waals surface area (Å²) < 4.78 is 6.75. The summed E-state index contributed by atoms with van der Waals surface area (Å²) in [5.41, 5.74) is 1.77. The Kier molecular flexibility index (Phi) is 5.34. The van der Waals surface area contributed by atoms with Gasteiger partial charge in [-0.3, -0.25) is 9.48 Å². The number of nitrogens with zero attached hydrogens (tertiary/aromatic N) is 3. The van der Waals surface area contributed by atoms with Crippen LogP contribution in [-0.2, 0) is 22.5 Å². The maximum absolute atomic E-state index is 12.1. The molecule has 1 aromatic rings. The molecule has 1 aliphatic heterocycles. The van der Waals surface area contributed by atoms with E-state index >= 15 is 0 Å². The lowest BCUT2D eigenvalue weighted by molar-refractivity contribution is -0.132. The van der Waals surface area contributed by atoms with Crippen LogP contribution in [0.5, 0.6) is 0 Å². The number of hydrogen-bond acceptors (Lipinski definition) is 3. The van der Waals surface area contributed by atoms with Gasteiger partial charge in [-0.05, 0) is 30.5 Å². The highest BCUT2D eigenvalue weighted by Gasteiger charge is 2.20. The van der Waals surface area contributed by atoms with Crippen molar-refractivity contribution in [3.8, 4) is 0 Å². The first-order valence-corrected chi connectivity index (χ1v) is 7.39. The molecule has 6 heteroatoms. The average molecular weight is 283 g/mol. The molecule has 1 saturated heterocycles. The first kappa shape index (κ1) is 14.5. The third-order valence-corrected chi connectivity index (χ3v) is 4.14. The van der Waals surface area contributed by atoms with Crippen molar-refractivity contribution in [2.45, 2.75) is 31.5 Å². The van der Waals surface area contributed by atoms with Gasteiger partial charge >= 0.3 is 0 Å². The lowest BCUT2D eigenvalue weighted by Crippen LogP contribution is -2.40. The first-order chi connectivity index (χ1) is 9.19. The Morgan fingerprint density at radius 2 is 2.26 bits per heavy atom. The molecule has 1 fully saturated rings. The lowest BCUT2D eigenvalue weighted by Gasteiger charge is -2.30. The lowest BCUT2D eigenvalue weighted by atomic mass is 10.1. The quantitative estimate of drug-likeness (QED) is 0.756. The summed E-state index contributed by atoms with van der Waals surface area (Å²) in [6, 6.07) is 0. The summed E-state index contributed by atoms with van der Waals surface area (Å²) in [6.07, 6.45) is 6.73. The van der Waals surface area contributed by atoms with E-state index in [1.807, 2.05) is 11.1 Å². The van der Waals surface area contributed by atoms with E-state index in [2.05, 4.69) is 14.3 Å². The molecule has 5 nitrogen and oxygen atoms in total. The van der Waals surface area contributed by atoms with Crippen LogP contribution < -0.4 is 0 Å². The van der Waals surface area contributed by atoms with E-state index in [0.717, 1.165) is 37.9 Å². The fourth-order valence-corrected chi connectivity index (χ4v) is 2.53. The van der Waals surface area contributed by atoms with Crippen molar-refractivity contribution in [3.05, 3.63) is 18.0 Å². The molecule has 1 aromatic heterocycles. The van der Waals surface area contributed by atoms with E-state index in [0.29, 0.717) is 18.8 Å². The summed E-state index contributed by atoms with van der Waals surface area (Å²) in [7, 11) is 4.53. The summed E-state index contributed by atoms with van der Waals surface area (Å²) in [5.74, 6) is 0.165. The van der Waals surface area contributed by atoms with Gasteiger partial charge in [0.15, 0.2) is 0 Å². The van der Waals surface area contributed by atoms with Crippen LogP contribution in [-0.4, -0.2) is 53.1 Å². The topological polar surface area (TPSA) is 47.4 Å². The Bertz CT molecular complexity index is 414. The summed E-state index contributed by atoms with van der Waals surface area (Å²) in [5, 5.41) is 4.23. The Labute approximate surface area is 116 Å². The van der Waals surface area contributed by atoms with Crippen LogP contribution >= 0.6 is 9.24 Å². The maximum atomic E-state index is 12.1. The number of carbonyl (C=O) groups excluding carboxylic acids is 1. The molecule has 0 spiro atoms. The standard InChI is InChI=1S/C13H22N3O2P/c1-18-7-4-11-8-14-16(9-11)10-13(17)15-5-2-12(19)3-6-15/h8-9,12H,2-7,10,19H2,1H3. The Morgan fingerprint density at radius 3 is 2.95 bits per heavy atom. The number of methoxy groups -OCH3 is 1. The summed E-state index contributed by atoms with van der Waals surface area (Å²) in [6.45, 7) is 2.76. The minimum absolute atomic E-state index is 0.165. The van der Waals surface area contributed by atoms with E-state index in [9.17, 15) is 4.79 Å². The fraction of sp³-hybridized carbons (Fsp3) is 0.692. The van der Waals surface area contributed by atoms with Crippen LogP contribution in [0.25, 0.3) is 0 Å². The number of carbonyl (C=O) groups is 1. The number of likely N-dealkylation sites (tertiary alicyclic amines) is 1. The van der Waals surface area contributed by atoms with Gasteiger partial charge in [-0.15, -0.1) is 9.24 Å². The second-order valence-corrected chi connectivity index (χ2v) is 5.95. The Hall–Kier alpha value is -0.930. The van der Waals surface area contributed by atoms with Crippen molar-refractivity contribution >= 4 is 15.1 Å². The molecule has 1 unspecified atom stereocenters. The zero-order valence-corrected chi connectivity index (χ0v) is 12.6. The molecule has 1 amide bonds. The van der Waals surface area contributed by atoms with Gasteiger partial charge in [-0.2, -0.15) is 5.10 Å². The van der Waals surface area contributed by atoms with Crippen molar-refractivity contribution in [1.29, 1.82) is 0 Å².